The Kier molecular flexibility index (Phi) is 25.1. The van der Waals surface area contributed by atoms with E-state index in [1.54, 1.807) is 0 Å². The van der Waals surface area contributed by atoms with Gasteiger partial charge in [0.15, 0.2) is 5.76 Å². The molecule has 3 atom stereocenters. The van der Waals surface area contributed by atoms with Gasteiger partial charge in [-0.2, -0.15) is 0 Å². The minimum atomic E-state index is -1.95. The SMILES string of the molecule is CC=C(O)C(=O)C(O)C(O)C(O)CO.CCCCCCCCCCCCCCCCCC(=O)O. The lowest BCUT2D eigenvalue weighted by atomic mass is 10.0. The number of ketones is 1. The highest BCUT2D eigenvalue weighted by Crippen LogP contribution is 2.13. The van der Waals surface area contributed by atoms with E-state index in [0.717, 1.165) is 18.9 Å². The number of allylic oxidation sites excluding steroid dienone is 1. The third-order valence-electron chi connectivity index (χ3n) is 5.69. The lowest BCUT2D eigenvalue weighted by Gasteiger charge is -2.19. The number of aliphatic hydroxyl groups excluding tert-OH is 5. The zero-order chi connectivity index (χ0) is 26.2. The van der Waals surface area contributed by atoms with Crippen molar-refractivity contribution in [3.63, 3.8) is 0 Å². The number of rotatable bonds is 21. The maximum absolute atomic E-state index is 11.0. The van der Waals surface area contributed by atoms with Gasteiger partial charge in [-0.3, -0.25) is 9.59 Å². The van der Waals surface area contributed by atoms with E-state index in [1.807, 2.05) is 0 Å². The van der Waals surface area contributed by atoms with Gasteiger partial charge in [0.2, 0.25) is 5.78 Å². The van der Waals surface area contributed by atoms with Crippen molar-refractivity contribution in [2.45, 2.75) is 135 Å². The Morgan fingerprint density at radius 1 is 0.706 bits per heavy atom. The van der Waals surface area contributed by atoms with Crippen LogP contribution in [0.25, 0.3) is 0 Å². The van der Waals surface area contributed by atoms with Gasteiger partial charge in [-0.1, -0.05) is 96.8 Å². The van der Waals surface area contributed by atoms with E-state index in [9.17, 15) is 9.59 Å². The molecule has 0 aliphatic carbocycles. The Labute approximate surface area is 205 Å². The zero-order valence-corrected chi connectivity index (χ0v) is 21.3. The van der Waals surface area contributed by atoms with Gasteiger partial charge in [0, 0.05) is 6.42 Å². The number of carbonyl (C=O) groups is 2. The standard InChI is InChI=1S/C18H36O2.C8H14O6/c1-2-3-4-5-6-7-8-9-10-11-12-13-14-15-16-17-18(19)20;1-2-4(10)6(12)8(14)7(13)5(11)3-9/h2-17H2,1H3,(H,19,20);2,5,7-11,13-14H,3H2,1H3. The average molecular weight is 491 g/mol. The number of aliphatic hydroxyl groups is 5. The van der Waals surface area contributed by atoms with Crippen LogP contribution >= 0.6 is 0 Å². The first-order valence-corrected chi connectivity index (χ1v) is 13.0. The first kappa shape index (κ1) is 34.7. The van der Waals surface area contributed by atoms with Crippen LogP contribution < -0.4 is 0 Å². The lowest BCUT2D eigenvalue weighted by molar-refractivity contribution is -0.139. The second-order valence-electron chi connectivity index (χ2n) is 8.82. The summed E-state index contributed by atoms with van der Waals surface area (Å²) in [6, 6.07) is 0. The number of Topliss-reactive ketones (excluding diaryl/α,β-unsaturated/α-hetero) is 1. The number of carboxylic acid groups (broad SMARTS) is 1. The normalized spacial score (nSPS) is 14.1. The predicted molar refractivity (Wildman–Crippen MR) is 134 cm³/mol. The first-order valence-electron chi connectivity index (χ1n) is 13.0. The Balaban J connectivity index is 0. The van der Waals surface area contributed by atoms with Gasteiger partial charge < -0.3 is 30.6 Å². The van der Waals surface area contributed by atoms with Crippen molar-refractivity contribution in [1.82, 2.24) is 0 Å². The van der Waals surface area contributed by atoms with Crippen LogP contribution in [0.2, 0.25) is 0 Å². The number of carboxylic acids is 1. The van der Waals surface area contributed by atoms with Crippen molar-refractivity contribution >= 4 is 11.8 Å². The molecule has 0 aliphatic heterocycles. The van der Waals surface area contributed by atoms with Crippen molar-refractivity contribution < 1.29 is 40.2 Å². The number of aliphatic carboxylic acids is 1. The van der Waals surface area contributed by atoms with Gasteiger partial charge >= 0.3 is 5.97 Å². The van der Waals surface area contributed by atoms with Crippen LogP contribution in [0.5, 0.6) is 0 Å². The number of carbonyl (C=O) groups excluding carboxylic acids is 1. The van der Waals surface area contributed by atoms with Crippen LogP contribution in [0.3, 0.4) is 0 Å². The van der Waals surface area contributed by atoms with E-state index >= 15 is 0 Å². The molecule has 34 heavy (non-hydrogen) atoms. The first-order chi connectivity index (χ1) is 16.2. The number of unbranched alkanes of at least 4 members (excludes halogenated alkanes) is 14. The topological polar surface area (TPSA) is 156 Å². The maximum atomic E-state index is 11.0. The van der Waals surface area contributed by atoms with Gasteiger partial charge in [0.1, 0.15) is 18.3 Å². The summed E-state index contributed by atoms with van der Waals surface area (Å²) in [5, 5.41) is 52.9. The molecule has 0 aromatic rings. The van der Waals surface area contributed by atoms with Crippen LogP contribution in [0, 0.1) is 0 Å². The number of hydrogen-bond donors (Lipinski definition) is 6. The quantitative estimate of drug-likeness (QED) is 0.0784. The van der Waals surface area contributed by atoms with Crippen LogP contribution in [-0.2, 0) is 9.59 Å². The van der Waals surface area contributed by atoms with Crippen LogP contribution in [0.15, 0.2) is 11.8 Å². The monoisotopic (exact) mass is 490 g/mol. The molecule has 0 rings (SSSR count). The Morgan fingerprint density at radius 2 is 1.09 bits per heavy atom. The smallest absolute Gasteiger partial charge is 0.303 e. The summed E-state index contributed by atoms with van der Waals surface area (Å²) in [6.07, 6.45) is 15.8. The molecule has 6 N–H and O–H groups in total. The third kappa shape index (κ3) is 21.1. The molecule has 0 heterocycles. The molecule has 0 bridgehead atoms. The minimum Gasteiger partial charge on any atom is -0.505 e. The third-order valence-corrected chi connectivity index (χ3v) is 5.69. The summed E-state index contributed by atoms with van der Waals surface area (Å²) in [4.78, 5) is 21.3. The van der Waals surface area contributed by atoms with Gasteiger partial charge in [-0.25, -0.2) is 0 Å². The van der Waals surface area contributed by atoms with Crippen molar-refractivity contribution in [2.24, 2.45) is 0 Å². The van der Waals surface area contributed by atoms with Gasteiger partial charge in [0.05, 0.1) is 6.61 Å². The lowest BCUT2D eigenvalue weighted by Crippen LogP contribution is -2.44. The molecule has 8 nitrogen and oxygen atoms in total. The molecule has 0 radical (unpaired) electrons. The highest BCUT2D eigenvalue weighted by molar-refractivity contribution is 5.96. The highest BCUT2D eigenvalue weighted by atomic mass is 16.4. The fourth-order valence-corrected chi connectivity index (χ4v) is 3.41. The van der Waals surface area contributed by atoms with E-state index in [0.29, 0.717) is 6.42 Å². The van der Waals surface area contributed by atoms with E-state index in [4.69, 9.17) is 30.6 Å². The van der Waals surface area contributed by atoms with Crippen molar-refractivity contribution in [1.29, 1.82) is 0 Å². The highest BCUT2D eigenvalue weighted by Gasteiger charge is 2.31. The second kappa shape index (κ2) is 24.6. The molecule has 3 unspecified atom stereocenters. The summed E-state index contributed by atoms with van der Waals surface area (Å²) in [5.74, 6) is -2.46. The fraction of sp³-hybridized carbons (Fsp3) is 0.846. The van der Waals surface area contributed by atoms with E-state index < -0.39 is 42.4 Å². The molecule has 0 saturated carbocycles. The molecule has 0 fully saturated rings. The summed E-state index contributed by atoms with van der Waals surface area (Å²) in [6.45, 7) is 2.85. The van der Waals surface area contributed by atoms with Crippen LogP contribution in [0.1, 0.15) is 117 Å². The molecular formula is C26H50O8. The summed E-state index contributed by atoms with van der Waals surface area (Å²) in [7, 11) is 0. The van der Waals surface area contributed by atoms with Crippen molar-refractivity contribution in [2.75, 3.05) is 6.61 Å². The predicted octanol–water partition coefficient (Wildman–Crippen LogP) is 4.42. The van der Waals surface area contributed by atoms with Crippen LogP contribution in [0.4, 0.5) is 0 Å². The molecule has 0 saturated heterocycles. The average Bonchev–Trinajstić information content (AvgIpc) is 2.84. The molecular weight excluding hydrogens is 440 g/mol. The molecule has 202 valence electrons. The minimum absolute atomic E-state index is 0.345. The Hall–Kier alpha value is -1.48. The maximum Gasteiger partial charge on any atom is 0.303 e. The number of hydrogen-bond acceptors (Lipinski definition) is 7. The molecule has 0 aromatic heterocycles. The molecule has 0 spiro atoms. The summed E-state index contributed by atoms with van der Waals surface area (Å²) in [5.41, 5.74) is 0. The molecule has 0 aromatic carbocycles. The second-order valence-corrected chi connectivity index (χ2v) is 8.82. The molecule has 8 heteroatoms. The van der Waals surface area contributed by atoms with Gasteiger partial charge in [-0.05, 0) is 19.4 Å². The Morgan fingerprint density at radius 3 is 1.41 bits per heavy atom. The van der Waals surface area contributed by atoms with Crippen LogP contribution in [-0.4, -0.2) is 67.3 Å². The van der Waals surface area contributed by atoms with Gasteiger partial charge in [0.25, 0.3) is 0 Å². The molecule has 0 aliphatic rings. The van der Waals surface area contributed by atoms with E-state index in [-0.39, 0.29) is 0 Å². The largest absolute Gasteiger partial charge is 0.505 e. The summed E-state index contributed by atoms with van der Waals surface area (Å²) < 4.78 is 0. The van der Waals surface area contributed by atoms with Crippen molar-refractivity contribution in [3.8, 4) is 0 Å². The van der Waals surface area contributed by atoms with E-state index in [1.165, 1.54) is 90.4 Å². The summed E-state index contributed by atoms with van der Waals surface area (Å²) >= 11 is 0. The van der Waals surface area contributed by atoms with Crippen molar-refractivity contribution in [3.05, 3.63) is 11.8 Å². The molecule has 0 amide bonds. The zero-order valence-electron chi connectivity index (χ0n) is 21.3. The Bertz CT molecular complexity index is 521. The van der Waals surface area contributed by atoms with E-state index in [2.05, 4.69) is 6.92 Å². The van der Waals surface area contributed by atoms with Gasteiger partial charge in [-0.15, -0.1) is 0 Å². The fourth-order valence-electron chi connectivity index (χ4n) is 3.41.